The summed E-state index contributed by atoms with van der Waals surface area (Å²) in [7, 11) is 4.15. The van der Waals surface area contributed by atoms with Crippen LogP contribution in [0, 0.1) is 10.8 Å². The van der Waals surface area contributed by atoms with Crippen LogP contribution in [0.25, 0.3) is 27.6 Å². The molecule has 2 N–H and O–H groups in total. The molecule has 0 radical (unpaired) electrons. The second-order valence-corrected chi connectivity index (χ2v) is 18.8. The first kappa shape index (κ1) is 51.5. The highest BCUT2D eigenvalue weighted by Crippen LogP contribution is 2.37. The van der Waals surface area contributed by atoms with Crippen molar-refractivity contribution in [2.45, 2.75) is 124 Å². The summed E-state index contributed by atoms with van der Waals surface area (Å²) in [6.07, 6.45) is 10.6. The van der Waals surface area contributed by atoms with Gasteiger partial charge in [-0.3, -0.25) is 9.59 Å². The molecule has 6 rings (SSSR count). The summed E-state index contributed by atoms with van der Waals surface area (Å²) in [5.41, 5.74) is 0.782. The van der Waals surface area contributed by atoms with Crippen LogP contribution in [0.2, 0.25) is 0 Å². The molecule has 0 unspecified atom stereocenters. The number of carbonyl (C=O) groups is 2. The molecule has 4 aromatic rings. The Morgan fingerprint density at radius 3 is 1.59 bits per heavy atom. The summed E-state index contributed by atoms with van der Waals surface area (Å²) in [4.78, 5) is 23.2. The summed E-state index contributed by atoms with van der Waals surface area (Å²) in [6, 6.07) is 24.2. The van der Waals surface area contributed by atoms with Crippen LogP contribution in [0.15, 0.2) is 95.4 Å². The molecule has 0 amide bonds. The number of halogens is 1. The zero-order valence-corrected chi connectivity index (χ0v) is 40.1. The number of aliphatic hydroxyl groups is 2. The van der Waals surface area contributed by atoms with E-state index < -0.39 is 30.2 Å². The molecule has 4 aromatic carbocycles. The standard InChI is InChI=1S/C19H22O3.C13H23BO4.C12H11BrO.C6H12O/c1-13(20)16-8-7-15-6-5-14(11-17(15)12-16)9-10-19(2,3)18(21)22-4;1-11(2,10(15)16-7)8-9-14-17-12(3,4)13(5,6)18-14;1-8(14)10-3-2-9-4-5-12(13)7-11(9)6-10;1-7-6-4-2-3-5-6/h5-13,20H,1-4H3;8-9H,1-7H3;2-8,14H,1H3;6H,2-5H2,1H3/b10-9+;9-8+;;/t13-;;8-;/m1.1./s1. The second kappa shape index (κ2) is 22.5. The molecule has 2 fully saturated rings. The minimum absolute atomic E-state index is 0.263. The van der Waals surface area contributed by atoms with Crippen molar-refractivity contribution < 1.29 is 43.3 Å². The molecule has 332 valence electrons. The maximum absolute atomic E-state index is 11.7. The van der Waals surface area contributed by atoms with Gasteiger partial charge in [0.05, 0.1) is 54.6 Å². The van der Waals surface area contributed by atoms with Crippen molar-refractivity contribution in [1.82, 2.24) is 0 Å². The van der Waals surface area contributed by atoms with Crippen LogP contribution >= 0.6 is 15.9 Å². The van der Waals surface area contributed by atoms with Gasteiger partial charge in [0.1, 0.15) is 0 Å². The van der Waals surface area contributed by atoms with E-state index in [0.717, 1.165) is 37.3 Å². The SMILES string of the molecule is COC(=O)C(C)(C)/C=C/B1OC(C)(C)C(C)(C)O1.COC(=O)C(C)(C)/C=C/c1ccc2ccc([C@@H](C)O)cc2c1.COC1CCCC1.C[C@@H](O)c1ccc2ccc(Br)cc2c1. The van der Waals surface area contributed by atoms with Gasteiger partial charge in [-0.1, -0.05) is 95.4 Å². The normalized spacial score (nSPS) is 17.2. The highest BCUT2D eigenvalue weighted by Gasteiger charge is 2.50. The Morgan fingerprint density at radius 1 is 0.705 bits per heavy atom. The highest BCUT2D eigenvalue weighted by atomic mass is 79.9. The van der Waals surface area contributed by atoms with Crippen molar-refractivity contribution in [3.63, 3.8) is 0 Å². The van der Waals surface area contributed by atoms with Gasteiger partial charge in [-0.2, -0.15) is 0 Å². The highest BCUT2D eigenvalue weighted by molar-refractivity contribution is 9.10. The lowest BCUT2D eigenvalue weighted by Crippen LogP contribution is -2.41. The molecule has 0 spiro atoms. The van der Waals surface area contributed by atoms with E-state index in [1.807, 2.05) is 114 Å². The van der Waals surface area contributed by atoms with Crippen molar-refractivity contribution >= 4 is 62.6 Å². The molecule has 1 saturated heterocycles. The third kappa shape index (κ3) is 15.2. The third-order valence-corrected chi connectivity index (χ3v) is 11.9. The van der Waals surface area contributed by atoms with Crippen LogP contribution < -0.4 is 0 Å². The van der Waals surface area contributed by atoms with Gasteiger partial charge in [0.2, 0.25) is 0 Å². The number of rotatable bonds is 9. The fraction of sp³-hybridized carbons (Fsp3) is 0.480. The topological polar surface area (TPSA) is 121 Å². The van der Waals surface area contributed by atoms with Crippen LogP contribution in [-0.4, -0.2) is 67.9 Å². The Kier molecular flexibility index (Phi) is 19.0. The molecule has 11 heteroatoms. The molecule has 9 nitrogen and oxygen atoms in total. The lowest BCUT2D eigenvalue weighted by Gasteiger charge is -2.32. The van der Waals surface area contributed by atoms with Crippen LogP contribution in [0.4, 0.5) is 0 Å². The molecule has 0 aromatic heterocycles. The summed E-state index contributed by atoms with van der Waals surface area (Å²) in [5, 5.41) is 23.7. The van der Waals surface area contributed by atoms with E-state index in [-0.39, 0.29) is 23.1 Å². The van der Waals surface area contributed by atoms with Gasteiger partial charge in [0, 0.05) is 11.6 Å². The van der Waals surface area contributed by atoms with E-state index in [0.29, 0.717) is 6.10 Å². The van der Waals surface area contributed by atoms with Crippen molar-refractivity contribution in [3.8, 4) is 0 Å². The molecule has 61 heavy (non-hydrogen) atoms. The lowest BCUT2D eigenvalue weighted by atomic mass is 9.83. The maximum atomic E-state index is 11.7. The monoisotopic (exact) mass is 902 g/mol. The molecular weight excluding hydrogens is 835 g/mol. The number of ether oxygens (including phenoxy) is 3. The van der Waals surface area contributed by atoms with Crippen LogP contribution in [-0.2, 0) is 33.1 Å². The first-order valence-electron chi connectivity index (χ1n) is 21.0. The Bertz CT molecular complexity index is 2100. The Hall–Kier alpha value is -3.84. The molecule has 1 saturated carbocycles. The first-order valence-corrected chi connectivity index (χ1v) is 21.8. The molecule has 1 aliphatic heterocycles. The zero-order chi connectivity index (χ0) is 45.8. The van der Waals surface area contributed by atoms with E-state index in [1.165, 1.54) is 45.3 Å². The lowest BCUT2D eigenvalue weighted by molar-refractivity contribution is -0.148. The predicted octanol–water partition coefficient (Wildman–Crippen LogP) is 11.7. The number of hydrogen-bond acceptors (Lipinski definition) is 9. The number of hydrogen-bond donors (Lipinski definition) is 2. The summed E-state index contributed by atoms with van der Waals surface area (Å²) >= 11 is 3.43. The average Bonchev–Trinajstić information content (AvgIpc) is 3.82. The van der Waals surface area contributed by atoms with Crippen LogP contribution in [0.3, 0.4) is 0 Å². The Balaban J connectivity index is 0.000000229. The fourth-order valence-electron chi connectivity index (χ4n) is 6.52. The van der Waals surface area contributed by atoms with Gasteiger partial charge in [0.15, 0.2) is 0 Å². The van der Waals surface area contributed by atoms with E-state index in [9.17, 15) is 19.8 Å². The molecule has 2 atom stereocenters. The van der Waals surface area contributed by atoms with Crippen molar-refractivity contribution in [3.05, 3.63) is 112 Å². The largest absolute Gasteiger partial charge is 0.486 e. The number of aliphatic hydroxyl groups excluding tert-OH is 2. The predicted molar refractivity (Wildman–Crippen MR) is 252 cm³/mol. The van der Waals surface area contributed by atoms with E-state index in [4.69, 9.17) is 23.5 Å². The van der Waals surface area contributed by atoms with E-state index in [2.05, 4.69) is 28.1 Å². The number of benzene rings is 4. The first-order chi connectivity index (χ1) is 28.4. The number of fused-ring (bicyclic) bond motifs is 2. The van der Waals surface area contributed by atoms with Crippen LogP contribution in [0.5, 0.6) is 0 Å². The Labute approximate surface area is 373 Å². The van der Waals surface area contributed by atoms with Crippen LogP contribution in [0.1, 0.15) is 124 Å². The average molecular weight is 904 g/mol. The number of esters is 2. The maximum Gasteiger partial charge on any atom is 0.486 e. The molecule has 2 aliphatic rings. The second-order valence-electron chi connectivity index (χ2n) is 17.9. The van der Waals surface area contributed by atoms with Gasteiger partial charge in [-0.15, -0.1) is 0 Å². The van der Waals surface area contributed by atoms with E-state index >= 15 is 0 Å². The van der Waals surface area contributed by atoms with Gasteiger partial charge >= 0.3 is 19.1 Å². The van der Waals surface area contributed by atoms with Gasteiger partial charge in [-0.25, -0.2) is 0 Å². The van der Waals surface area contributed by atoms with Crippen molar-refractivity contribution in [2.24, 2.45) is 10.8 Å². The summed E-state index contributed by atoms with van der Waals surface area (Å²) in [6.45, 7) is 18.7. The molecular formula is C50H68BBrO9. The van der Waals surface area contributed by atoms with Gasteiger partial charge in [0.25, 0.3) is 0 Å². The van der Waals surface area contributed by atoms with Crippen molar-refractivity contribution in [1.29, 1.82) is 0 Å². The number of methoxy groups -OCH3 is 3. The van der Waals surface area contributed by atoms with Gasteiger partial charge in [-0.05, 0) is 151 Å². The van der Waals surface area contributed by atoms with Crippen molar-refractivity contribution in [2.75, 3.05) is 21.3 Å². The number of carbonyl (C=O) groups excluding carboxylic acids is 2. The third-order valence-electron chi connectivity index (χ3n) is 11.4. The smallest absolute Gasteiger partial charge is 0.468 e. The molecule has 1 aliphatic carbocycles. The molecule has 0 bridgehead atoms. The minimum Gasteiger partial charge on any atom is -0.468 e. The zero-order valence-electron chi connectivity index (χ0n) is 38.5. The Morgan fingerprint density at radius 2 is 1.15 bits per heavy atom. The fourth-order valence-corrected chi connectivity index (χ4v) is 6.90. The van der Waals surface area contributed by atoms with Gasteiger partial charge < -0.3 is 33.7 Å². The quantitative estimate of drug-likeness (QED) is 0.125. The molecule has 1 heterocycles. The van der Waals surface area contributed by atoms with E-state index in [1.54, 1.807) is 46.9 Å². The summed E-state index contributed by atoms with van der Waals surface area (Å²) < 4.78 is 27.3. The summed E-state index contributed by atoms with van der Waals surface area (Å²) in [5.74, 6) is 1.23. The minimum atomic E-state index is -0.682.